The van der Waals surface area contributed by atoms with Gasteiger partial charge in [0.25, 0.3) is 5.91 Å². The Hall–Kier alpha value is -4.08. The quantitative estimate of drug-likeness (QED) is 0.201. The number of hydrogen-bond acceptors (Lipinski definition) is 7. The van der Waals surface area contributed by atoms with E-state index in [0.29, 0.717) is 48.7 Å². The number of aliphatic hydroxyl groups is 1. The van der Waals surface area contributed by atoms with E-state index in [-0.39, 0.29) is 12.0 Å². The molecule has 9 heteroatoms. The van der Waals surface area contributed by atoms with Crippen LogP contribution in [0, 0.1) is 5.92 Å². The Kier molecular flexibility index (Phi) is 9.99. The van der Waals surface area contributed by atoms with Gasteiger partial charge in [0.15, 0.2) is 5.60 Å². The van der Waals surface area contributed by atoms with Crippen LogP contribution in [0.5, 0.6) is 11.8 Å². The lowest BCUT2D eigenvalue weighted by molar-refractivity contribution is -0.922. The van der Waals surface area contributed by atoms with E-state index in [2.05, 4.69) is 29.0 Å². The third-order valence-corrected chi connectivity index (χ3v) is 9.31. The van der Waals surface area contributed by atoms with Crippen molar-refractivity contribution in [2.24, 2.45) is 11.7 Å². The maximum atomic E-state index is 12.8. The highest BCUT2D eigenvalue weighted by Gasteiger charge is 2.54. The number of unbranched alkanes of at least 4 members (excludes halogenated alkanes) is 1. The summed E-state index contributed by atoms with van der Waals surface area (Å²) in [5.41, 5.74) is 8.11. The molecule has 9 nitrogen and oxygen atoms in total. The smallest absolute Gasteiger partial charge is 0.255 e. The molecular formula is C36H46N5O4+. The zero-order chi connectivity index (χ0) is 32.0. The van der Waals surface area contributed by atoms with E-state index >= 15 is 0 Å². The molecular weight excluding hydrogens is 566 g/mol. The largest absolute Gasteiger partial charge is 0.481 e. The predicted octanol–water partition coefficient (Wildman–Crippen LogP) is 5.13. The molecule has 1 unspecified atom stereocenters. The van der Waals surface area contributed by atoms with Gasteiger partial charge in [0.05, 0.1) is 26.9 Å². The lowest BCUT2D eigenvalue weighted by atomic mass is 9.71. The van der Waals surface area contributed by atoms with Crippen molar-refractivity contribution in [1.29, 1.82) is 0 Å². The van der Waals surface area contributed by atoms with Crippen molar-refractivity contribution >= 4 is 16.7 Å². The summed E-state index contributed by atoms with van der Waals surface area (Å²) >= 11 is 0. The summed E-state index contributed by atoms with van der Waals surface area (Å²) in [6, 6.07) is 17.7. The topological polar surface area (TPSA) is 120 Å². The zero-order valence-electron chi connectivity index (χ0n) is 26.9. The molecule has 3 atom stereocenters. The first-order valence-corrected chi connectivity index (χ1v) is 15.9. The van der Waals surface area contributed by atoms with Gasteiger partial charge in [-0.3, -0.25) is 9.78 Å². The maximum absolute atomic E-state index is 12.8. The first-order valence-electron chi connectivity index (χ1n) is 15.9. The van der Waals surface area contributed by atoms with Gasteiger partial charge in [0.1, 0.15) is 19.2 Å². The molecule has 238 valence electrons. The normalized spacial score (nSPS) is 20.2. The first-order chi connectivity index (χ1) is 21.6. The molecule has 0 aliphatic heterocycles. The molecule has 4 aromatic rings. The molecule has 1 aromatic carbocycles. The molecule has 0 saturated heterocycles. The number of pyridine rings is 3. The molecule has 0 radical (unpaired) electrons. The second kappa shape index (κ2) is 13.9. The maximum Gasteiger partial charge on any atom is 0.255 e. The Morgan fingerprint density at radius 1 is 1.09 bits per heavy atom. The zero-order valence-corrected chi connectivity index (χ0v) is 26.9. The fourth-order valence-electron chi connectivity index (χ4n) is 6.73. The number of carbonyl (C=O) groups is 1. The van der Waals surface area contributed by atoms with Gasteiger partial charge >= 0.3 is 0 Å². The monoisotopic (exact) mass is 612 g/mol. The van der Waals surface area contributed by atoms with Crippen molar-refractivity contribution in [2.75, 3.05) is 34.4 Å². The molecule has 1 amide bonds. The molecule has 5 rings (SSSR count). The highest BCUT2D eigenvalue weighted by Crippen LogP contribution is 2.39. The first kappa shape index (κ1) is 32.3. The van der Waals surface area contributed by atoms with Crippen LogP contribution >= 0.6 is 0 Å². The highest BCUT2D eigenvalue weighted by atomic mass is 16.5. The second-order valence-corrected chi connectivity index (χ2v) is 12.9. The van der Waals surface area contributed by atoms with Gasteiger partial charge in [0, 0.05) is 41.5 Å². The summed E-state index contributed by atoms with van der Waals surface area (Å²) in [6.45, 7) is 3.17. The number of primary amides is 1. The van der Waals surface area contributed by atoms with Crippen molar-refractivity contribution < 1.29 is 23.9 Å². The van der Waals surface area contributed by atoms with E-state index in [9.17, 15) is 9.90 Å². The average Bonchev–Trinajstić information content (AvgIpc) is 3.04. The molecule has 1 saturated carbocycles. The van der Waals surface area contributed by atoms with Crippen molar-refractivity contribution in [3.05, 3.63) is 78.2 Å². The molecule has 1 fully saturated rings. The number of rotatable bonds is 13. The fourth-order valence-corrected chi connectivity index (χ4v) is 6.73. The Labute approximate surface area is 266 Å². The van der Waals surface area contributed by atoms with Gasteiger partial charge in [-0.1, -0.05) is 37.6 Å². The molecule has 1 aliphatic rings. The standard InChI is InChI=1S/C36H45N5O4/c1-5-6-10-29-21-27-9-7-8-11-30(27)34(40-29)45-19-18-41(2,3)32-16-13-25(22-36(32,43)35(37)42)20-26-12-15-31(38-23-26)28-14-17-33(44-4)39-24-28/h7-9,11-12,14-15,17,21,23-25,32,43H,5-6,10,13,16,18-20,22H2,1-4H3,(H-,37,42)/p+1/t25?,32-,36-/m0/s1. The van der Waals surface area contributed by atoms with Crippen LogP contribution in [0.15, 0.2) is 67.0 Å². The third kappa shape index (κ3) is 7.43. The molecule has 1 aliphatic carbocycles. The fraction of sp³-hybridized carbons (Fsp3) is 0.444. The van der Waals surface area contributed by atoms with Gasteiger partial charge in [0.2, 0.25) is 11.8 Å². The number of aromatic nitrogens is 3. The van der Waals surface area contributed by atoms with Gasteiger partial charge < -0.3 is 24.8 Å². The number of aryl methyl sites for hydroxylation is 1. The summed E-state index contributed by atoms with van der Waals surface area (Å²) in [4.78, 5) is 26.6. The van der Waals surface area contributed by atoms with E-state index in [1.165, 1.54) is 0 Å². The van der Waals surface area contributed by atoms with Crippen LogP contribution in [0.1, 0.15) is 50.3 Å². The van der Waals surface area contributed by atoms with Crippen molar-refractivity contribution in [3.8, 4) is 23.0 Å². The number of carbonyl (C=O) groups excluding carboxylic acids is 1. The van der Waals surface area contributed by atoms with Gasteiger partial charge in [-0.05, 0) is 73.2 Å². The van der Waals surface area contributed by atoms with E-state index in [0.717, 1.165) is 59.0 Å². The van der Waals surface area contributed by atoms with Crippen molar-refractivity contribution in [3.63, 3.8) is 0 Å². The number of ether oxygens (including phenoxy) is 2. The highest BCUT2D eigenvalue weighted by molar-refractivity contribution is 5.87. The van der Waals surface area contributed by atoms with Gasteiger partial charge in [-0.15, -0.1) is 0 Å². The summed E-state index contributed by atoms with van der Waals surface area (Å²) in [5, 5.41) is 13.9. The summed E-state index contributed by atoms with van der Waals surface area (Å²) in [5.74, 6) is 0.629. The lowest BCUT2D eigenvalue weighted by Gasteiger charge is -2.49. The average molecular weight is 613 g/mol. The SMILES string of the molecule is CCCCc1cc2ccccc2c(OCC[N+](C)(C)[C@H]2CCC(Cc3ccc(-c4ccc(OC)nc4)nc3)C[C@@]2(O)C(N)=O)n1. The van der Waals surface area contributed by atoms with E-state index in [1.807, 2.05) is 62.8 Å². The van der Waals surface area contributed by atoms with Gasteiger partial charge in [-0.25, -0.2) is 9.97 Å². The number of nitrogens with zero attached hydrogens (tertiary/aromatic N) is 4. The molecule has 0 bridgehead atoms. The minimum atomic E-state index is -1.63. The number of nitrogens with two attached hydrogens (primary N) is 1. The summed E-state index contributed by atoms with van der Waals surface area (Å²) in [7, 11) is 5.68. The van der Waals surface area contributed by atoms with Crippen LogP contribution in [0.25, 0.3) is 22.0 Å². The van der Waals surface area contributed by atoms with Crippen LogP contribution in [-0.2, 0) is 17.6 Å². The minimum absolute atomic E-state index is 0.103. The number of benzene rings is 1. The van der Waals surface area contributed by atoms with Crippen LogP contribution in [-0.4, -0.2) is 76.4 Å². The number of amides is 1. The van der Waals surface area contributed by atoms with Gasteiger partial charge in [-0.2, -0.15) is 0 Å². The third-order valence-electron chi connectivity index (χ3n) is 9.31. The Morgan fingerprint density at radius 3 is 2.60 bits per heavy atom. The summed E-state index contributed by atoms with van der Waals surface area (Å²) in [6.07, 6.45) is 9.26. The molecule has 3 aromatic heterocycles. The summed E-state index contributed by atoms with van der Waals surface area (Å²) < 4.78 is 11.9. The molecule has 0 spiro atoms. The van der Waals surface area contributed by atoms with Crippen molar-refractivity contribution in [1.82, 2.24) is 15.0 Å². The van der Waals surface area contributed by atoms with Crippen LogP contribution in [0.2, 0.25) is 0 Å². The molecule has 45 heavy (non-hydrogen) atoms. The van der Waals surface area contributed by atoms with E-state index in [4.69, 9.17) is 20.2 Å². The minimum Gasteiger partial charge on any atom is -0.481 e. The van der Waals surface area contributed by atoms with E-state index in [1.54, 1.807) is 13.3 Å². The molecule has 3 heterocycles. The van der Waals surface area contributed by atoms with Crippen molar-refractivity contribution in [2.45, 2.75) is 63.5 Å². The Bertz CT molecular complexity index is 1590. The number of quaternary nitrogens is 1. The van der Waals surface area contributed by atoms with E-state index < -0.39 is 11.5 Å². The molecule has 3 N–H and O–H groups in total. The Balaban J connectivity index is 1.23. The van der Waals surface area contributed by atoms with Crippen LogP contribution in [0.3, 0.4) is 0 Å². The predicted molar refractivity (Wildman–Crippen MR) is 176 cm³/mol. The van der Waals surface area contributed by atoms with Crippen LogP contribution < -0.4 is 15.2 Å². The lowest BCUT2D eigenvalue weighted by Crippen LogP contribution is -2.68. The Morgan fingerprint density at radius 2 is 1.91 bits per heavy atom. The van der Waals surface area contributed by atoms with Crippen LogP contribution in [0.4, 0.5) is 0 Å². The number of likely N-dealkylation sites (N-methyl/N-ethyl adjacent to an activating group) is 1. The number of fused-ring (bicyclic) bond motifs is 1. The second-order valence-electron chi connectivity index (χ2n) is 12.9. The number of methoxy groups -OCH3 is 1. The number of hydrogen-bond donors (Lipinski definition) is 2.